The third-order valence-electron chi connectivity index (χ3n) is 3.15. The summed E-state index contributed by atoms with van der Waals surface area (Å²) < 4.78 is 1.71. The molecule has 0 aliphatic carbocycles. The van der Waals surface area contributed by atoms with E-state index in [1.54, 1.807) is 4.68 Å². The fourth-order valence-corrected chi connectivity index (χ4v) is 2.40. The Morgan fingerprint density at radius 2 is 2.20 bits per heavy atom. The van der Waals surface area contributed by atoms with Crippen LogP contribution in [0.2, 0.25) is 5.15 Å². The van der Waals surface area contributed by atoms with Crippen molar-refractivity contribution in [2.24, 2.45) is 7.05 Å². The molecular formula is C15H19ClN4. The van der Waals surface area contributed by atoms with Gasteiger partial charge in [0.25, 0.3) is 0 Å². The first-order valence-electron chi connectivity index (χ1n) is 6.53. The smallest absolute Gasteiger partial charge is 0.131 e. The molecule has 5 heteroatoms. The number of halogens is 1. The fourth-order valence-electron chi connectivity index (χ4n) is 2.17. The second kappa shape index (κ2) is 6.68. The average molecular weight is 291 g/mol. The molecular weight excluding hydrogens is 272 g/mol. The molecule has 4 nitrogen and oxygen atoms in total. The zero-order valence-corrected chi connectivity index (χ0v) is 12.6. The number of hydrogen-bond donors (Lipinski definition) is 0. The van der Waals surface area contributed by atoms with Crippen molar-refractivity contribution in [2.45, 2.75) is 20.0 Å². The lowest BCUT2D eigenvalue weighted by atomic mass is 10.2. The second-order valence-electron chi connectivity index (χ2n) is 4.76. The van der Waals surface area contributed by atoms with Gasteiger partial charge in [-0.05, 0) is 19.1 Å². The third kappa shape index (κ3) is 3.46. The summed E-state index contributed by atoms with van der Waals surface area (Å²) >= 11 is 6.29. The van der Waals surface area contributed by atoms with Crippen LogP contribution in [0.5, 0.6) is 0 Å². The van der Waals surface area contributed by atoms with Crippen molar-refractivity contribution in [3.8, 4) is 0 Å². The molecule has 2 rings (SSSR count). The van der Waals surface area contributed by atoms with Gasteiger partial charge in [-0.1, -0.05) is 23.7 Å². The topological polar surface area (TPSA) is 34.0 Å². The van der Waals surface area contributed by atoms with Gasteiger partial charge in [0.05, 0.1) is 11.4 Å². The molecule has 0 unspecified atom stereocenters. The molecule has 0 aromatic carbocycles. The molecule has 0 spiro atoms. The van der Waals surface area contributed by atoms with Gasteiger partial charge in [-0.3, -0.25) is 14.6 Å². The summed E-state index contributed by atoms with van der Waals surface area (Å²) in [5, 5.41) is 5.04. The Hall–Kier alpha value is -1.65. The maximum atomic E-state index is 6.29. The molecule has 0 radical (unpaired) electrons. The van der Waals surface area contributed by atoms with Gasteiger partial charge in [-0.2, -0.15) is 5.10 Å². The number of aryl methyl sites for hydroxylation is 2. The lowest BCUT2D eigenvalue weighted by Crippen LogP contribution is -2.23. The van der Waals surface area contributed by atoms with Crippen LogP contribution in [0.4, 0.5) is 0 Å². The van der Waals surface area contributed by atoms with Crippen molar-refractivity contribution in [3.05, 3.63) is 59.2 Å². The van der Waals surface area contributed by atoms with E-state index >= 15 is 0 Å². The van der Waals surface area contributed by atoms with Crippen molar-refractivity contribution in [1.29, 1.82) is 0 Å². The number of hydrogen-bond acceptors (Lipinski definition) is 3. The normalized spacial score (nSPS) is 11.0. The molecule has 2 aromatic rings. The molecule has 0 aliphatic heterocycles. The number of aromatic nitrogens is 3. The zero-order chi connectivity index (χ0) is 14.5. The van der Waals surface area contributed by atoms with E-state index in [2.05, 4.69) is 21.6 Å². The lowest BCUT2D eigenvalue weighted by molar-refractivity contribution is 0.282. The Kier molecular flexibility index (Phi) is 4.93. The lowest BCUT2D eigenvalue weighted by Gasteiger charge is -2.20. The standard InChI is InChI=1S/C15H19ClN4/c1-4-9-20(10-13-7-5-6-8-17-13)11-14-12(2)18-19(3)15(14)16/h4-8H,1,9-11H2,2-3H3. The van der Waals surface area contributed by atoms with Gasteiger partial charge in [0.1, 0.15) is 5.15 Å². The molecule has 2 aromatic heterocycles. The van der Waals surface area contributed by atoms with E-state index in [1.165, 1.54) is 0 Å². The summed E-state index contributed by atoms with van der Waals surface area (Å²) in [7, 11) is 1.86. The molecule has 2 heterocycles. The number of pyridine rings is 1. The van der Waals surface area contributed by atoms with Gasteiger partial charge in [-0.25, -0.2) is 0 Å². The molecule has 0 amide bonds. The van der Waals surface area contributed by atoms with E-state index in [0.29, 0.717) is 5.15 Å². The molecule has 0 atom stereocenters. The molecule has 0 saturated heterocycles. The van der Waals surface area contributed by atoms with Gasteiger partial charge in [-0.15, -0.1) is 6.58 Å². The first-order chi connectivity index (χ1) is 9.61. The summed E-state index contributed by atoms with van der Waals surface area (Å²) in [6, 6.07) is 5.94. The minimum Gasteiger partial charge on any atom is -0.289 e. The molecule has 0 fully saturated rings. The summed E-state index contributed by atoms with van der Waals surface area (Å²) in [5.41, 5.74) is 3.06. The Morgan fingerprint density at radius 1 is 1.40 bits per heavy atom. The summed E-state index contributed by atoms with van der Waals surface area (Å²) in [6.45, 7) is 8.08. The van der Waals surface area contributed by atoms with Crippen LogP contribution in [0, 0.1) is 6.92 Å². The average Bonchev–Trinajstić information content (AvgIpc) is 2.67. The van der Waals surface area contributed by atoms with Crippen molar-refractivity contribution >= 4 is 11.6 Å². The van der Waals surface area contributed by atoms with E-state index in [1.807, 2.05) is 44.4 Å². The van der Waals surface area contributed by atoms with Crippen LogP contribution in [-0.2, 0) is 20.1 Å². The van der Waals surface area contributed by atoms with Crippen LogP contribution in [0.15, 0.2) is 37.1 Å². The van der Waals surface area contributed by atoms with Crippen LogP contribution in [0.1, 0.15) is 17.0 Å². The van der Waals surface area contributed by atoms with Gasteiger partial charge < -0.3 is 0 Å². The largest absolute Gasteiger partial charge is 0.289 e. The van der Waals surface area contributed by atoms with Crippen LogP contribution in [-0.4, -0.2) is 26.2 Å². The van der Waals surface area contributed by atoms with E-state index in [9.17, 15) is 0 Å². The highest BCUT2D eigenvalue weighted by Crippen LogP contribution is 2.21. The highest BCUT2D eigenvalue weighted by atomic mass is 35.5. The summed E-state index contributed by atoms with van der Waals surface area (Å²) in [5.74, 6) is 0. The second-order valence-corrected chi connectivity index (χ2v) is 5.12. The SMILES string of the molecule is C=CCN(Cc1ccccn1)Cc1c(C)nn(C)c1Cl. The highest BCUT2D eigenvalue weighted by molar-refractivity contribution is 6.30. The monoisotopic (exact) mass is 290 g/mol. The predicted octanol–water partition coefficient (Wildman–Crippen LogP) is 2.97. The third-order valence-corrected chi connectivity index (χ3v) is 3.62. The summed E-state index contributed by atoms with van der Waals surface area (Å²) in [4.78, 5) is 6.60. The Bertz CT molecular complexity index is 577. The fraction of sp³-hybridized carbons (Fsp3) is 0.333. The van der Waals surface area contributed by atoms with Gasteiger partial charge >= 0.3 is 0 Å². The minimum atomic E-state index is 0.692. The van der Waals surface area contributed by atoms with E-state index in [4.69, 9.17) is 11.6 Å². The van der Waals surface area contributed by atoms with Crippen molar-refractivity contribution < 1.29 is 0 Å². The maximum Gasteiger partial charge on any atom is 0.131 e. The first kappa shape index (κ1) is 14.8. The quantitative estimate of drug-likeness (QED) is 0.767. The maximum absolute atomic E-state index is 6.29. The summed E-state index contributed by atoms with van der Waals surface area (Å²) in [6.07, 6.45) is 3.70. The molecule has 0 bridgehead atoms. The van der Waals surface area contributed by atoms with Crippen molar-refractivity contribution in [3.63, 3.8) is 0 Å². The predicted molar refractivity (Wildman–Crippen MR) is 81.5 cm³/mol. The molecule has 0 N–H and O–H groups in total. The minimum absolute atomic E-state index is 0.692. The Balaban J connectivity index is 2.15. The molecule has 20 heavy (non-hydrogen) atoms. The van der Waals surface area contributed by atoms with Crippen LogP contribution < -0.4 is 0 Å². The molecule has 106 valence electrons. The van der Waals surface area contributed by atoms with Crippen molar-refractivity contribution in [2.75, 3.05) is 6.54 Å². The van der Waals surface area contributed by atoms with Crippen molar-refractivity contribution in [1.82, 2.24) is 19.7 Å². The van der Waals surface area contributed by atoms with Gasteiger partial charge in [0.15, 0.2) is 0 Å². The highest BCUT2D eigenvalue weighted by Gasteiger charge is 2.15. The van der Waals surface area contributed by atoms with E-state index in [0.717, 1.165) is 36.6 Å². The Labute approximate surface area is 124 Å². The van der Waals surface area contributed by atoms with Crippen LogP contribution in [0.3, 0.4) is 0 Å². The number of nitrogens with zero attached hydrogens (tertiary/aromatic N) is 4. The van der Waals surface area contributed by atoms with Gasteiger partial charge in [0.2, 0.25) is 0 Å². The molecule has 0 saturated carbocycles. The number of rotatable bonds is 6. The first-order valence-corrected chi connectivity index (χ1v) is 6.90. The van der Waals surface area contributed by atoms with Crippen LogP contribution in [0.25, 0.3) is 0 Å². The van der Waals surface area contributed by atoms with E-state index < -0.39 is 0 Å². The Morgan fingerprint density at radius 3 is 2.75 bits per heavy atom. The van der Waals surface area contributed by atoms with Gasteiger partial charge in [0, 0.05) is 38.4 Å². The zero-order valence-electron chi connectivity index (χ0n) is 11.9. The van der Waals surface area contributed by atoms with Crippen LogP contribution >= 0.6 is 11.6 Å². The molecule has 0 aliphatic rings. The van der Waals surface area contributed by atoms with E-state index in [-0.39, 0.29) is 0 Å².